The van der Waals surface area contributed by atoms with Crippen LogP contribution in [0.1, 0.15) is 32.6 Å². The van der Waals surface area contributed by atoms with E-state index >= 15 is 0 Å². The molecule has 0 bridgehead atoms. The molecule has 7 heteroatoms. The van der Waals surface area contributed by atoms with Gasteiger partial charge < -0.3 is 10.1 Å². The Bertz CT molecular complexity index is 1280. The lowest BCUT2D eigenvalue weighted by Crippen LogP contribution is -2.13. The highest BCUT2D eigenvalue weighted by atomic mass is 35.5. The molecule has 4 aromatic rings. The first-order valence-corrected chi connectivity index (χ1v) is 10.8. The van der Waals surface area contributed by atoms with Gasteiger partial charge in [-0.3, -0.25) is 9.48 Å². The molecule has 1 aromatic heterocycles. The fourth-order valence-corrected chi connectivity index (χ4v) is 3.70. The Morgan fingerprint density at radius 1 is 1.09 bits per heavy atom. The molecule has 3 aromatic carbocycles. The third-order valence-corrected chi connectivity index (χ3v) is 5.53. The third-order valence-electron chi connectivity index (χ3n) is 5.18. The van der Waals surface area contributed by atoms with Gasteiger partial charge in [0.15, 0.2) is 5.82 Å². The molecule has 0 spiro atoms. The average molecular weight is 464 g/mol. The summed E-state index contributed by atoms with van der Waals surface area (Å²) in [6.45, 7) is 4.55. The van der Waals surface area contributed by atoms with Gasteiger partial charge in [0.2, 0.25) is 0 Å². The number of rotatable bonds is 7. The fraction of sp³-hybridized carbons (Fsp3) is 0.154. The number of aromatic nitrogens is 2. The molecule has 0 aliphatic heterocycles. The van der Waals surface area contributed by atoms with Crippen LogP contribution in [0.15, 0.2) is 72.9 Å². The summed E-state index contributed by atoms with van der Waals surface area (Å²) in [5.41, 5.74) is 3.96. The molecule has 33 heavy (non-hydrogen) atoms. The molecule has 0 radical (unpaired) electrons. The van der Waals surface area contributed by atoms with Gasteiger partial charge in [-0.05, 0) is 55.3 Å². The number of carbonyl (C=O) groups excluding carboxylic acids is 1. The van der Waals surface area contributed by atoms with E-state index in [1.807, 2.05) is 38.1 Å². The molecule has 0 aliphatic carbocycles. The van der Waals surface area contributed by atoms with E-state index in [9.17, 15) is 9.18 Å². The zero-order valence-corrected chi connectivity index (χ0v) is 19.1. The van der Waals surface area contributed by atoms with Crippen LogP contribution in [0.3, 0.4) is 0 Å². The van der Waals surface area contributed by atoms with Gasteiger partial charge in [0.05, 0.1) is 6.54 Å². The smallest absolute Gasteiger partial charge is 0.256 e. The molecule has 0 saturated carbocycles. The van der Waals surface area contributed by atoms with E-state index in [0.29, 0.717) is 28.6 Å². The maximum atomic E-state index is 14.0. The summed E-state index contributed by atoms with van der Waals surface area (Å²) >= 11 is 6.08. The minimum atomic E-state index is -0.400. The third kappa shape index (κ3) is 5.59. The summed E-state index contributed by atoms with van der Waals surface area (Å²) in [5, 5.41) is 7.40. The number of hydrogen-bond acceptors (Lipinski definition) is 3. The minimum Gasteiger partial charge on any atom is -0.489 e. The second-order valence-electron chi connectivity index (χ2n) is 7.81. The van der Waals surface area contributed by atoms with Crippen molar-refractivity contribution in [1.29, 1.82) is 0 Å². The lowest BCUT2D eigenvalue weighted by Gasteiger charge is -2.11. The number of carbonyl (C=O) groups is 1. The Labute approximate surface area is 196 Å². The van der Waals surface area contributed by atoms with E-state index in [4.69, 9.17) is 16.3 Å². The topological polar surface area (TPSA) is 56.1 Å². The lowest BCUT2D eigenvalue weighted by molar-refractivity contribution is 0.102. The fourth-order valence-electron chi connectivity index (χ4n) is 3.47. The summed E-state index contributed by atoms with van der Waals surface area (Å²) in [6.07, 6.45) is 1.66. The number of anilines is 1. The van der Waals surface area contributed by atoms with Crippen LogP contribution in [0.25, 0.3) is 0 Å². The van der Waals surface area contributed by atoms with E-state index in [1.54, 1.807) is 36.5 Å². The van der Waals surface area contributed by atoms with Crippen LogP contribution in [-0.2, 0) is 13.2 Å². The predicted molar refractivity (Wildman–Crippen MR) is 127 cm³/mol. The number of amides is 1. The highest BCUT2D eigenvalue weighted by Crippen LogP contribution is 2.21. The normalized spacial score (nSPS) is 10.8. The summed E-state index contributed by atoms with van der Waals surface area (Å²) in [5.74, 6) is 0.487. The second-order valence-corrected chi connectivity index (χ2v) is 8.22. The van der Waals surface area contributed by atoms with E-state index in [-0.39, 0.29) is 12.5 Å². The molecule has 168 valence electrons. The van der Waals surface area contributed by atoms with Crippen LogP contribution in [0.5, 0.6) is 5.75 Å². The van der Waals surface area contributed by atoms with E-state index in [2.05, 4.69) is 16.5 Å². The van der Waals surface area contributed by atoms with E-state index in [1.165, 1.54) is 16.3 Å². The molecular formula is C26H23ClFN3O2. The molecular weight excluding hydrogens is 441 g/mol. The summed E-state index contributed by atoms with van der Waals surface area (Å²) in [6, 6.07) is 19.4. The van der Waals surface area contributed by atoms with Crippen molar-refractivity contribution in [2.75, 3.05) is 5.32 Å². The maximum Gasteiger partial charge on any atom is 0.256 e. The Morgan fingerprint density at radius 2 is 1.91 bits per heavy atom. The maximum absolute atomic E-state index is 14.0. The van der Waals surface area contributed by atoms with Gasteiger partial charge in [-0.15, -0.1) is 0 Å². The number of halogens is 2. The first-order valence-electron chi connectivity index (χ1n) is 10.5. The standard InChI is InChI=1S/C26H23ClFN3O2/c1-17-9-10-24(18(2)13-17)33-16-19-5-3-6-20(14-19)26(32)29-25-11-12-31(30-25)15-21-22(27)7-4-8-23(21)28/h3-14H,15-16H2,1-2H3,(H,29,30,32). The van der Waals surface area contributed by atoms with Crippen LogP contribution in [-0.4, -0.2) is 15.7 Å². The predicted octanol–water partition coefficient (Wildman–Crippen LogP) is 6.17. The SMILES string of the molecule is Cc1ccc(OCc2cccc(C(=O)Nc3ccn(Cc4c(F)cccc4Cl)n3)c2)c(C)c1. The highest BCUT2D eigenvalue weighted by Gasteiger charge is 2.12. The van der Waals surface area contributed by atoms with Crippen LogP contribution >= 0.6 is 11.6 Å². The summed E-state index contributed by atoms with van der Waals surface area (Å²) < 4.78 is 21.5. The number of nitrogens with zero attached hydrogens (tertiary/aromatic N) is 2. The molecule has 0 aliphatic rings. The van der Waals surface area contributed by atoms with Crippen molar-refractivity contribution in [3.8, 4) is 5.75 Å². The van der Waals surface area contributed by atoms with Crippen LogP contribution in [0.4, 0.5) is 10.2 Å². The van der Waals surface area contributed by atoms with Crippen LogP contribution in [0, 0.1) is 19.7 Å². The molecule has 0 atom stereocenters. The van der Waals surface area contributed by atoms with Gasteiger partial charge in [-0.2, -0.15) is 5.10 Å². The number of hydrogen-bond donors (Lipinski definition) is 1. The molecule has 0 fully saturated rings. The first-order chi connectivity index (χ1) is 15.9. The Hall–Kier alpha value is -3.64. The second kappa shape index (κ2) is 9.88. The van der Waals surface area contributed by atoms with Crippen molar-refractivity contribution in [1.82, 2.24) is 9.78 Å². The van der Waals surface area contributed by atoms with Gasteiger partial charge in [-0.25, -0.2) is 4.39 Å². The lowest BCUT2D eigenvalue weighted by atomic mass is 10.1. The zero-order valence-electron chi connectivity index (χ0n) is 18.3. The molecule has 1 heterocycles. The monoisotopic (exact) mass is 463 g/mol. The quantitative estimate of drug-likeness (QED) is 0.356. The largest absolute Gasteiger partial charge is 0.489 e. The molecule has 0 saturated heterocycles. The Balaban J connectivity index is 1.40. The van der Waals surface area contributed by atoms with Gasteiger partial charge >= 0.3 is 0 Å². The van der Waals surface area contributed by atoms with Gasteiger partial charge in [0, 0.05) is 28.4 Å². The zero-order chi connectivity index (χ0) is 23.4. The Morgan fingerprint density at radius 3 is 2.70 bits per heavy atom. The number of aryl methyl sites for hydroxylation is 2. The summed E-state index contributed by atoms with van der Waals surface area (Å²) in [7, 11) is 0. The summed E-state index contributed by atoms with van der Waals surface area (Å²) in [4.78, 5) is 12.7. The van der Waals surface area contributed by atoms with Crippen molar-refractivity contribution in [3.63, 3.8) is 0 Å². The molecule has 0 unspecified atom stereocenters. The van der Waals surface area contributed by atoms with Gasteiger partial charge in [0.25, 0.3) is 5.91 Å². The van der Waals surface area contributed by atoms with Crippen molar-refractivity contribution in [2.45, 2.75) is 27.0 Å². The van der Waals surface area contributed by atoms with Gasteiger partial charge in [0.1, 0.15) is 18.2 Å². The Kier molecular flexibility index (Phi) is 6.75. The molecule has 1 amide bonds. The van der Waals surface area contributed by atoms with Crippen molar-refractivity contribution in [2.24, 2.45) is 0 Å². The first kappa shape index (κ1) is 22.6. The number of ether oxygens (including phenoxy) is 1. The van der Waals surface area contributed by atoms with Crippen molar-refractivity contribution < 1.29 is 13.9 Å². The molecule has 4 rings (SSSR count). The van der Waals surface area contributed by atoms with Crippen LogP contribution < -0.4 is 10.1 Å². The van der Waals surface area contributed by atoms with Crippen molar-refractivity contribution >= 4 is 23.3 Å². The van der Waals surface area contributed by atoms with E-state index < -0.39 is 5.82 Å². The van der Waals surface area contributed by atoms with Crippen molar-refractivity contribution in [3.05, 3.63) is 112 Å². The number of nitrogens with one attached hydrogen (secondary N) is 1. The molecule has 5 nitrogen and oxygen atoms in total. The minimum absolute atomic E-state index is 0.159. The van der Waals surface area contributed by atoms with E-state index in [0.717, 1.165) is 16.9 Å². The van der Waals surface area contributed by atoms with Gasteiger partial charge in [-0.1, -0.05) is 47.5 Å². The molecule has 1 N–H and O–H groups in total. The number of benzene rings is 3. The highest BCUT2D eigenvalue weighted by molar-refractivity contribution is 6.31. The van der Waals surface area contributed by atoms with Crippen LogP contribution in [0.2, 0.25) is 5.02 Å². The average Bonchev–Trinajstić information content (AvgIpc) is 3.23.